The monoisotopic (exact) mass is 293 g/mol. The van der Waals surface area contributed by atoms with Gasteiger partial charge in [-0.25, -0.2) is 15.8 Å². The molecule has 6 heteroatoms. The van der Waals surface area contributed by atoms with Crippen molar-refractivity contribution in [3.05, 3.63) is 17.6 Å². The van der Waals surface area contributed by atoms with Crippen LogP contribution in [0.2, 0.25) is 0 Å². The molecule has 0 aromatic carbocycles. The van der Waals surface area contributed by atoms with Gasteiger partial charge in [0.05, 0.1) is 6.04 Å². The first kappa shape index (κ1) is 14.1. The lowest BCUT2D eigenvalue weighted by Crippen LogP contribution is -2.34. The van der Waals surface area contributed by atoms with Crippen molar-refractivity contribution in [3.63, 3.8) is 0 Å². The van der Waals surface area contributed by atoms with E-state index in [0.717, 1.165) is 23.9 Å². The molecule has 2 aliphatic rings. The zero-order valence-corrected chi connectivity index (χ0v) is 12.8. The van der Waals surface area contributed by atoms with Crippen LogP contribution in [0.5, 0.6) is 0 Å². The quantitative estimate of drug-likeness (QED) is 0.657. The molecule has 2 fully saturated rings. The Labute approximate surface area is 124 Å². The number of hydrazine groups is 1. The van der Waals surface area contributed by atoms with Crippen LogP contribution in [0.15, 0.2) is 6.07 Å². The third-order valence-corrected chi connectivity index (χ3v) is 5.40. The predicted octanol–water partition coefficient (Wildman–Crippen LogP) is 2.14. The molecule has 0 radical (unpaired) electrons. The van der Waals surface area contributed by atoms with Gasteiger partial charge in [-0.1, -0.05) is 12.8 Å². The van der Waals surface area contributed by atoms with E-state index in [1.54, 1.807) is 0 Å². The Morgan fingerprint density at radius 1 is 1.35 bits per heavy atom. The number of hydrogen-bond donors (Lipinski definition) is 2. The number of nitrogens with two attached hydrogens (primary N) is 1. The van der Waals surface area contributed by atoms with Crippen molar-refractivity contribution in [2.75, 3.05) is 30.5 Å². The van der Waals surface area contributed by atoms with Gasteiger partial charge in [-0.15, -0.1) is 0 Å². The second-order valence-electron chi connectivity index (χ2n) is 5.73. The number of nitrogens with zero attached hydrogens (tertiary/aromatic N) is 3. The van der Waals surface area contributed by atoms with Crippen LogP contribution in [-0.4, -0.2) is 40.0 Å². The van der Waals surface area contributed by atoms with Crippen molar-refractivity contribution in [2.45, 2.75) is 37.6 Å². The van der Waals surface area contributed by atoms with E-state index in [9.17, 15) is 0 Å². The van der Waals surface area contributed by atoms with Gasteiger partial charge in [-0.3, -0.25) is 4.90 Å². The number of thioether (sulfide) groups is 1. The van der Waals surface area contributed by atoms with Crippen LogP contribution in [0.1, 0.15) is 49.2 Å². The lowest BCUT2D eigenvalue weighted by Gasteiger charge is -2.31. The second-order valence-corrected chi connectivity index (χ2v) is 6.88. The Bertz CT molecular complexity index is 461. The van der Waals surface area contributed by atoms with Crippen molar-refractivity contribution >= 4 is 17.6 Å². The summed E-state index contributed by atoms with van der Waals surface area (Å²) in [7, 11) is 2.16. The third-order valence-electron chi connectivity index (χ3n) is 4.38. The van der Waals surface area contributed by atoms with Crippen LogP contribution in [0.3, 0.4) is 0 Å². The number of rotatable bonds is 3. The first-order valence-corrected chi connectivity index (χ1v) is 8.57. The molecule has 0 amide bonds. The van der Waals surface area contributed by atoms with E-state index in [-0.39, 0.29) is 0 Å². The Balaban J connectivity index is 1.90. The van der Waals surface area contributed by atoms with Gasteiger partial charge in [-0.2, -0.15) is 11.8 Å². The van der Waals surface area contributed by atoms with Crippen LogP contribution in [0.25, 0.3) is 0 Å². The summed E-state index contributed by atoms with van der Waals surface area (Å²) in [5.41, 5.74) is 3.88. The van der Waals surface area contributed by atoms with E-state index >= 15 is 0 Å². The van der Waals surface area contributed by atoms with Gasteiger partial charge < -0.3 is 5.43 Å². The van der Waals surface area contributed by atoms with Crippen molar-refractivity contribution in [1.82, 2.24) is 14.9 Å². The zero-order chi connectivity index (χ0) is 13.9. The van der Waals surface area contributed by atoms with Gasteiger partial charge in [-0.05, 0) is 19.9 Å². The summed E-state index contributed by atoms with van der Waals surface area (Å²) < 4.78 is 0. The lowest BCUT2D eigenvalue weighted by atomic mass is 10.0. The number of nitrogen functional groups attached to an aromatic ring is 1. The molecular formula is C14H23N5S. The minimum absolute atomic E-state index is 0.308. The molecule has 5 nitrogen and oxygen atoms in total. The Hall–Kier alpha value is -0.850. The van der Waals surface area contributed by atoms with E-state index in [4.69, 9.17) is 10.8 Å². The maximum Gasteiger partial charge on any atom is 0.149 e. The van der Waals surface area contributed by atoms with Crippen LogP contribution < -0.4 is 11.3 Å². The standard InChI is InChI=1S/C14H23N5S/c1-19-6-7-20-9-12(19)14-16-11(8-13(17-14)18-15)10-4-2-3-5-10/h8,10,12H,2-7,9,15H2,1H3,(H,16,17,18). The molecule has 1 unspecified atom stereocenters. The summed E-state index contributed by atoms with van der Waals surface area (Å²) in [6.45, 7) is 1.09. The highest BCUT2D eigenvalue weighted by molar-refractivity contribution is 7.99. The highest BCUT2D eigenvalue weighted by atomic mass is 32.2. The second kappa shape index (κ2) is 6.28. The number of anilines is 1. The van der Waals surface area contributed by atoms with E-state index in [2.05, 4.69) is 22.4 Å². The maximum absolute atomic E-state index is 5.59. The molecule has 1 atom stereocenters. The summed E-state index contributed by atoms with van der Waals surface area (Å²) in [5.74, 6) is 10.1. The molecule has 1 saturated heterocycles. The summed E-state index contributed by atoms with van der Waals surface area (Å²) in [6, 6.07) is 2.33. The van der Waals surface area contributed by atoms with Gasteiger partial charge in [0.1, 0.15) is 11.6 Å². The molecule has 1 aliphatic heterocycles. The fourth-order valence-electron chi connectivity index (χ4n) is 3.10. The summed E-state index contributed by atoms with van der Waals surface area (Å²) in [5, 5.41) is 0. The highest BCUT2D eigenvalue weighted by Gasteiger charge is 2.26. The topological polar surface area (TPSA) is 67.1 Å². The van der Waals surface area contributed by atoms with Crippen LogP contribution in [0, 0.1) is 0 Å². The zero-order valence-electron chi connectivity index (χ0n) is 12.0. The summed E-state index contributed by atoms with van der Waals surface area (Å²) in [6.07, 6.45) is 5.12. The fraction of sp³-hybridized carbons (Fsp3) is 0.714. The predicted molar refractivity (Wildman–Crippen MR) is 83.7 cm³/mol. The summed E-state index contributed by atoms with van der Waals surface area (Å²) in [4.78, 5) is 11.8. The SMILES string of the molecule is CN1CCSCC1c1nc(NN)cc(C2CCCC2)n1. The summed E-state index contributed by atoms with van der Waals surface area (Å²) >= 11 is 1.98. The number of aromatic nitrogens is 2. The molecule has 1 aromatic heterocycles. The van der Waals surface area contributed by atoms with Crippen LogP contribution in [0.4, 0.5) is 5.82 Å². The molecule has 20 heavy (non-hydrogen) atoms. The van der Waals surface area contributed by atoms with Crippen molar-refractivity contribution < 1.29 is 0 Å². The first-order chi connectivity index (χ1) is 9.78. The minimum atomic E-state index is 0.308. The van der Waals surface area contributed by atoms with E-state index in [0.29, 0.717) is 12.0 Å². The average molecular weight is 293 g/mol. The van der Waals surface area contributed by atoms with Gasteiger partial charge in [0.15, 0.2) is 0 Å². The fourth-order valence-corrected chi connectivity index (χ4v) is 4.31. The minimum Gasteiger partial charge on any atom is -0.308 e. The Morgan fingerprint density at radius 2 is 2.15 bits per heavy atom. The van der Waals surface area contributed by atoms with Crippen molar-refractivity contribution in [1.29, 1.82) is 0 Å². The van der Waals surface area contributed by atoms with Gasteiger partial charge in [0.2, 0.25) is 0 Å². The van der Waals surface area contributed by atoms with E-state index < -0.39 is 0 Å². The Kier molecular flexibility index (Phi) is 4.43. The van der Waals surface area contributed by atoms with E-state index in [1.807, 2.05) is 17.8 Å². The van der Waals surface area contributed by atoms with Crippen molar-refractivity contribution in [3.8, 4) is 0 Å². The molecule has 1 saturated carbocycles. The third kappa shape index (κ3) is 2.92. The van der Waals surface area contributed by atoms with Crippen LogP contribution in [-0.2, 0) is 0 Å². The molecule has 2 heterocycles. The molecule has 0 bridgehead atoms. The number of nitrogens with one attached hydrogen (secondary N) is 1. The lowest BCUT2D eigenvalue weighted by molar-refractivity contribution is 0.264. The van der Waals surface area contributed by atoms with Crippen LogP contribution >= 0.6 is 11.8 Å². The van der Waals surface area contributed by atoms with Gasteiger partial charge >= 0.3 is 0 Å². The normalized spacial score (nSPS) is 25.0. The number of hydrogen-bond acceptors (Lipinski definition) is 6. The molecule has 3 rings (SSSR count). The smallest absolute Gasteiger partial charge is 0.149 e. The average Bonchev–Trinajstić information content (AvgIpc) is 3.01. The molecule has 0 spiro atoms. The van der Waals surface area contributed by atoms with Crippen molar-refractivity contribution in [2.24, 2.45) is 5.84 Å². The Morgan fingerprint density at radius 3 is 2.85 bits per heavy atom. The largest absolute Gasteiger partial charge is 0.308 e. The first-order valence-electron chi connectivity index (χ1n) is 7.41. The maximum atomic E-state index is 5.59. The molecule has 1 aromatic rings. The highest BCUT2D eigenvalue weighted by Crippen LogP contribution is 2.35. The molecule has 1 aliphatic carbocycles. The van der Waals surface area contributed by atoms with E-state index in [1.165, 1.54) is 37.1 Å². The molecule has 110 valence electrons. The van der Waals surface area contributed by atoms with Gasteiger partial charge in [0.25, 0.3) is 0 Å². The molecule has 3 N–H and O–H groups in total. The molecular weight excluding hydrogens is 270 g/mol. The van der Waals surface area contributed by atoms with Gasteiger partial charge in [0, 0.05) is 35.7 Å².